The Morgan fingerprint density at radius 3 is 2.79 bits per heavy atom. The molecule has 0 aliphatic carbocycles. The van der Waals surface area contributed by atoms with Crippen LogP contribution in [0.25, 0.3) is 10.7 Å². The minimum absolute atomic E-state index is 0.310. The maximum Gasteiger partial charge on any atom is 0.203 e. The third-order valence-corrected chi connectivity index (χ3v) is 2.59. The van der Waals surface area contributed by atoms with Crippen molar-refractivity contribution in [1.29, 1.82) is 0 Å². The van der Waals surface area contributed by atoms with Crippen LogP contribution in [0.15, 0.2) is 12.3 Å². The standard InChI is InChI=1S/C8H11N5S/c1-5(2)13-6(3-4-10-13)7-11-12-8(9)14-7/h3-5H,1-2H3,(H2,9,12). The Morgan fingerprint density at radius 1 is 1.43 bits per heavy atom. The number of rotatable bonds is 2. The molecular formula is C8H11N5S. The Bertz CT molecular complexity index is 430. The molecule has 74 valence electrons. The highest BCUT2D eigenvalue weighted by molar-refractivity contribution is 7.18. The molecule has 0 saturated carbocycles. The normalized spacial score (nSPS) is 11.1. The highest BCUT2D eigenvalue weighted by Crippen LogP contribution is 2.25. The second-order valence-electron chi connectivity index (χ2n) is 3.20. The van der Waals surface area contributed by atoms with Gasteiger partial charge in [-0.15, -0.1) is 10.2 Å². The van der Waals surface area contributed by atoms with Crippen LogP contribution in [0.3, 0.4) is 0 Å². The fourth-order valence-corrected chi connectivity index (χ4v) is 1.86. The van der Waals surface area contributed by atoms with Gasteiger partial charge in [0.1, 0.15) is 0 Å². The van der Waals surface area contributed by atoms with E-state index in [-0.39, 0.29) is 0 Å². The second-order valence-corrected chi connectivity index (χ2v) is 4.21. The Morgan fingerprint density at radius 2 is 2.21 bits per heavy atom. The van der Waals surface area contributed by atoms with Crippen LogP contribution >= 0.6 is 11.3 Å². The highest BCUT2D eigenvalue weighted by atomic mass is 32.1. The van der Waals surface area contributed by atoms with Crippen molar-refractivity contribution in [3.05, 3.63) is 12.3 Å². The van der Waals surface area contributed by atoms with Gasteiger partial charge in [0.25, 0.3) is 0 Å². The van der Waals surface area contributed by atoms with E-state index < -0.39 is 0 Å². The zero-order valence-electron chi connectivity index (χ0n) is 8.01. The van der Waals surface area contributed by atoms with E-state index in [1.807, 2.05) is 10.7 Å². The van der Waals surface area contributed by atoms with Crippen molar-refractivity contribution in [3.8, 4) is 10.7 Å². The minimum Gasteiger partial charge on any atom is -0.374 e. The first-order valence-electron chi connectivity index (χ1n) is 4.31. The average Bonchev–Trinajstić information content (AvgIpc) is 2.70. The second kappa shape index (κ2) is 3.38. The molecule has 2 aromatic heterocycles. The number of nitrogens with zero attached hydrogens (tertiary/aromatic N) is 4. The summed E-state index contributed by atoms with van der Waals surface area (Å²) in [6, 6.07) is 2.23. The van der Waals surface area contributed by atoms with Crippen LogP contribution in [0, 0.1) is 0 Å². The number of anilines is 1. The van der Waals surface area contributed by atoms with Crippen molar-refractivity contribution >= 4 is 16.5 Å². The highest BCUT2D eigenvalue weighted by Gasteiger charge is 2.11. The monoisotopic (exact) mass is 209 g/mol. The minimum atomic E-state index is 0.310. The first-order valence-corrected chi connectivity index (χ1v) is 5.13. The lowest BCUT2D eigenvalue weighted by atomic mass is 10.3. The third kappa shape index (κ3) is 1.48. The molecule has 14 heavy (non-hydrogen) atoms. The fourth-order valence-electron chi connectivity index (χ4n) is 1.23. The van der Waals surface area contributed by atoms with E-state index in [4.69, 9.17) is 5.73 Å². The molecule has 0 fully saturated rings. The molecule has 2 rings (SSSR count). The Hall–Kier alpha value is -1.43. The molecule has 0 unspecified atom stereocenters. The number of hydrogen-bond acceptors (Lipinski definition) is 5. The van der Waals surface area contributed by atoms with E-state index >= 15 is 0 Å². The Labute approximate surface area is 85.6 Å². The molecule has 0 spiro atoms. The summed E-state index contributed by atoms with van der Waals surface area (Å²) in [6.07, 6.45) is 1.76. The van der Waals surface area contributed by atoms with E-state index in [1.54, 1.807) is 6.20 Å². The molecule has 0 aliphatic heterocycles. The summed E-state index contributed by atoms with van der Waals surface area (Å²) in [5.74, 6) is 0. The van der Waals surface area contributed by atoms with Gasteiger partial charge in [-0.25, -0.2) is 0 Å². The average molecular weight is 209 g/mol. The Kier molecular flexibility index (Phi) is 2.20. The molecule has 0 radical (unpaired) electrons. The van der Waals surface area contributed by atoms with Crippen LogP contribution in [0.4, 0.5) is 5.13 Å². The topological polar surface area (TPSA) is 69.6 Å². The maximum absolute atomic E-state index is 5.53. The van der Waals surface area contributed by atoms with Crippen LogP contribution < -0.4 is 5.73 Å². The van der Waals surface area contributed by atoms with Crippen molar-refractivity contribution in [2.75, 3.05) is 5.73 Å². The van der Waals surface area contributed by atoms with Gasteiger partial charge in [-0.2, -0.15) is 5.10 Å². The summed E-state index contributed by atoms with van der Waals surface area (Å²) in [5, 5.41) is 13.3. The van der Waals surface area contributed by atoms with E-state index in [0.717, 1.165) is 10.7 Å². The van der Waals surface area contributed by atoms with Gasteiger partial charge in [0.05, 0.1) is 5.69 Å². The van der Waals surface area contributed by atoms with E-state index in [2.05, 4.69) is 29.1 Å². The molecule has 0 saturated heterocycles. The van der Waals surface area contributed by atoms with E-state index in [9.17, 15) is 0 Å². The molecular weight excluding hydrogens is 198 g/mol. The molecule has 2 N–H and O–H groups in total. The molecule has 6 heteroatoms. The van der Waals surface area contributed by atoms with Crippen LogP contribution in [-0.2, 0) is 0 Å². The van der Waals surface area contributed by atoms with Gasteiger partial charge >= 0.3 is 0 Å². The van der Waals surface area contributed by atoms with Crippen LogP contribution in [-0.4, -0.2) is 20.0 Å². The van der Waals surface area contributed by atoms with Gasteiger partial charge in [0.2, 0.25) is 5.13 Å². The number of nitrogen functional groups attached to an aromatic ring is 1. The first-order chi connectivity index (χ1) is 6.68. The van der Waals surface area contributed by atoms with E-state index in [0.29, 0.717) is 11.2 Å². The van der Waals surface area contributed by atoms with Gasteiger partial charge in [0.15, 0.2) is 5.01 Å². The van der Waals surface area contributed by atoms with Gasteiger partial charge in [-0.3, -0.25) is 4.68 Å². The molecule has 0 aliphatic rings. The third-order valence-electron chi connectivity index (χ3n) is 1.82. The lowest BCUT2D eigenvalue weighted by molar-refractivity contribution is 0.538. The van der Waals surface area contributed by atoms with Gasteiger partial charge in [-0.05, 0) is 19.9 Å². The molecule has 2 heterocycles. The zero-order valence-corrected chi connectivity index (χ0v) is 8.82. The van der Waals surface area contributed by atoms with Crippen LogP contribution in [0.5, 0.6) is 0 Å². The number of hydrogen-bond donors (Lipinski definition) is 1. The van der Waals surface area contributed by atoms with Crippen molar-refractivity contribution in [2.45, 2.75) is 19.9 Å². The molecule has 5 nitrogen and oxygen atoms in total. The first kappa shape index (κ1) is 9.14. The lowest BCUT2D eigenvalue weighted by Gasteiger charge is -2.07. The summed E-state index contributed by atoms with van der Waals surface area (Å²) in [7, 11) is 0. The zero-order chi connectivity index (χ0) is 10.1. The van der Waals surface area contributed by atoms with Crippen LogP contribution in [0.2, 0.25) is 0 Å². The smallest absolute Gasteiger partial charge is 0.203 e. The summed E-state index contributed by atoms with van der Waals surface area (Å²) >= 11 is 1.37. The molecule has 2 aromatic rings. The molecule has 0 bridgehead atoms. The fraction of sp³-hybridized carbons (Fsp3) is 0.375. The summed E-state index contributed by atoms with van der Waals surface area (Å²) < 4.78 is 1.90. The van der Waals surface area contributed by atoms with Crippen molar-refractivity contribution in [1.82, 2.24) is 20.0 Å². The number of nitrogens with two attached hydrogens (primary N) is 1. The van der Waals surface area contributed by atoms with Crippen molar-refractivity contribution < 1.29 is 0 Å². The number of aromatic nitrogens is 4. The molecule has 0 amide bonds. The molecule has 0 atom stereocenters. The maximum atomic E-state index is 5.53. The van der Waals surface area contributed by atoms with Crippen LogP contribution in [0.1, 0.15) is 19.9 Å². The van der Waals surface area contributed by atoms with Gasteiger partial charge in [-0.1, -0.05) is 11.3 Å². The van der Waals surface area contributed by atoms with Gasteiger partial charge < -0.3 is 5.73 Å². The molecule has 0 aromatic carbocycles. The summed E-state index contributed by atoms with van der Waals surface area (Å²) in [6.45, 7) is 4.14. The SMILES string of the molecule is CC(C)n1nccc1-c1nnc(N)s1. The Balaban J connectivity index is 2.46. The lowest BCUT2D eigenvalue weighted by Crippen LogP contribution is -2.04. The van der Waals surface area contributed by atoms with Crippen molar-refractivity contribution in [3.63, 3.8) is 0 Å². The predicted molar refractivity (Wildman–Crippen MR) is 55.9 cm³/mol. The van der Waals surface area contributed by atoms with E-state index in [1.165, 1.54) is 11.3 Å². The van der Waals surface area contributed by atoms with Gasteiger partial charge in [0, 0.05) is 12.2 Å². The largest absolute Gasteiger partial charge is 0.374 e. The summed E-state index contributed by atoms with van der Waals surface area (Å²) in [4.78, 5) is 0. The summed E-state index contributed by atoms with van der Waals surface area (Å²) in [5.41, 5.74) is 6.49. The predicted octanol–water partition coefficient (Wildman–Crippen LogP) is 1.56. The quantitative estimate of drug-likeness (QED) is 0.815. The van der Waals surface area contributed by atoms with Crippen molar-refractivity contribution in [2.24, 2.45) is 0 Å².